The second-order valence-corrected chi connectivity index (χ2v) is 8.77. The number of nitrogens with one attached hydrogen (secondary N) is 1. The minimum absolute atomic E-state index is 0.00904. The zero-order valence-electron chi connectivity index (χ0n) is 18.2. The summed E-state index contributed by atoms with van der Waals surface area (Å²) in [5.74, 6) is -2.43. The summed E-state index contributed by atoms with van der Waals surface area (Å²) in [6.07, 6.45) is -6.26. The number of benzene rings is 2. The monoisotopic (exact) mass is 510 g/mol. The molecular weight excluding hydrogens is 491 g/mol. The van der Waals surface area contributed by atoms with Crippen molar-refractivity contribution >= 4 is 17.5 Å². The van der Waals surface area contributed by atoms with Gasteiger partial charge in [-0.2, -0.15) is 17.6 Å². The molecule has 1 aliphatic carbocycles. The SMILES string of the molecule is O=C(N[C@](Cc1ccccc1)(c1cc(F)cc(OC(F)(F)C(F)F)c1)c1ccc(Cl)cn1)C1CC1. The number of carbonyl (C=O) groups is 1. The van der Waals surface area contributed by atoms with Crippen LogP contribution in [0.5, 0.6) is 5.75 Å². The second-order valence-electron chi connectivity index (χ2n) is 8.33. The van der Waals surface area contributed by atoms with E-state index < -0.39 is 29.6 Å². The smallest absolute Gasteiger partial charge is 0.428 e. The van der Waals surface area contributed by atoms with Gasteiger partial charge in [0.1, 0.15) is 17.1 Å². The summed E-state index contributed by atoms with van der Waals surface area (Å²) in [7, 11) is 0. The minimum atomic E-state index is -4.84. The molecule has 2 aromatic carbocycles. The van der Waals surface area contributed by atoms with Crippen molar-refractivity contribution in [3.63, 3.8) is 0 Å². The zero-order chi connectivity index (χ0) is 25.2. The van der Waals surface area contributed by atoms with Gasteiger partial charge in [0.2, 0.25) is 5.91 Å². The maximum atomic E-state index is 14.7. The Balaban J connectivity index is 1.90. The number of rotatable bonds is 9. The Morgan fingerprint density at radius 2 is 1.83 bits per heavy atom. The molecule has 1 aliphatic rings. The van der Waals surface area contributed by atoms with Gasteiger partial charge in [0.05, 0.1) is 10.7 Å². The molecule has 0 unspecified atom stereocenters. The van der Waals surface area contributed by atoms with Crippen molar-refractivity contribution in [1.82, 2.24) is 10.3 Å². The van der Waals surface area contributed by atoms with Gasteiger partial charge < -0.3 is 10.1 Å². The molecule has 10 heteroatoms. The summed E-state index contributed by atoms with van der Waals surface area (Å²) in [5, 5.41) is 3.23. The van der Waals surface area contributed by atoms with Gasteiger partial charge in [0.15, 0.2) is 0 Å². The van der Waals surface area contributed by atoms with E-state index in [4.69, 9.17) is 11.6 Å². The predicted octanol–water partition coefficient (Wildman–Crippen LogP) is 6.12. The molecular formula is C25H20ClF5N2O2. The maximum absolute atomic E-state index is 14.7. The van der Waals surface area contributed by atoms with Crippen molar-refractivity contribution < 1.29 is 31.5 Å². The van der Waals surface area contributed by atoms with Gasteiger partial charge in [-0.25, -0.2) is 4.39 Å². The summed E-state index contributed by atoms with van der Waals surface area (Å²) < 4.78 is 71.6. The Labute approximate surface area is 203 Å². The molecule has 3 aromatic rings. The van der Waals surface area contributed by atoms with Crippen LogP contribution in [0.15, 0.2) is 66.9 Å². The van der Waals surface area contributed by atoms with Crippen molar-refractivity contribution in [2.75, 3.05) is 0 Å². The normalized spacial score (nSPS) is 15.5. The van der Waals surface area contributed by atoms with Crippen molar-refractivity contribution in [1.29, 1.82) is 0 Å². The fraction of sp³-hybridized carbons (Fsp3) is 0.280. The van der Waals surface area contributed by atoms with E-state index >= 15 is 0 Å². The molecule has 184 valence electrons. The fourth-order valence-electron chi connectivity index (χ4n) is 3.78. The lowest BCUT2D eigenvalue weighted by molar-refractivity contribution is -0.253. The van der Waals surface area contributed by atoms with E-state index in [1.54, 1.807) is 30.3 Å². The van der Waals surface area contributed by atoms with Crippen LogP contribution in [0.25, 0.3) is 0 Å². The van der Waals surface area contributed by atoms with Gasteiger partial charge in [-0.1, -0.05) is 41.9 Å². The Bertz CT molecular complexity index is 1190. The van der Waals surface area contributed by atoms with Crippen LogP contribution in [0.3, 0.4) is 0 Å². The third-order valence-corrected chi connectivity index (χ3v) is 5.86. The average Bonchev–Trinajstić information content (AvgIpc) is 3.64. The number of alkyl halides is 4. The first-order valence-electron chi connectivity index (χ1n) is 10.7. The highest BCUT2D eigenvalue weighted by molar-refractivity contribution is 6.30. The van der Waals surface area contributed by atoms with Crippen LogP contribution in [0, 0.1) is 11.7 Å². The first-order chi connectivity index (χ1) is 16.6. The summed E-state index contributed by atoms with van der Waals surface area (Å²) in [6.45, 7) is 0. The molecule has 1 heterocycles. The summed E-state index contributed by atoms with van der Waals surface area (Å²) in [5.41, 5.74) is -0.599. The highest BCUT2D eigenvalue weighted by atomic mass is 35.5. The molecule has 1 atom stereocenters. The van der Waals surface area contributed by atoms with Crippen LogP contribution in [-0.4, -0.2) is 23.4 Å². The lowest BCUT2D eigenvalue weighted by atomic mass is 9.80. The Hall–Kier alpha value is -3.20. The van der Waals surface area contributed by atoms with Crippen molar-refractivity contribution in [3.05, 3.63) is 94.5 Å². The molecule has 4 nitrogen and oxygen atoms in total. The number of amides is 1. The summed E-state index contributed by atoms with van der Waals surface area (Å²) in [6, 6.07) is 14.5. The molecule has 0 saturated heterocycles. The van der Waals surface area contributed by atoms with E-state index in [1.165, 1.54) is 18.3 Å². The third kappa shape index (κ3) is 5.73. The summed E-state index contributed by atoms with van der Waals surface area (Å²) >= 11 is 6.00. The molecule has 4 rings (SSSR count). The average molecular weight is 511 g/mol. The lowest BCUT2D eigenvalue weighted by Gasteiger charge is -2.36. The molecule has 35 heavy (non-hydrogen) atoms. The molecule has 0 bridgehead atoms. The molecule has 0 spiro atoms. The molecule has 1 saturated carbocycles. The Kier molecular flexibility index (Phi) is 6.98. The summed E-state index contributed by atoms with van der Waals surface area (Å²) in [4.78, 5) is 17.3. The Morgan fingerprint density at radius 1 is 1.11 bits per heavy atom. The molecule has 1 amide bonds. The van der Waals surface area contributed by atoms with Gasteiger partial charge in [-0.05, 0) is 48.2 Å². The highest BCUT2D eigenvalue weighted by Crippen LogP contribution is 2.39. The maximum Gasteiger partial charge on any atom is 0.461 e. The van der Waals surface area contributed by atoms with Gasteiger partial charge >= 0.3 is 12.5 Å². The quantitative estimate of drug-likeness (QED) is 0.353. The molecule has 1 N–H and O–H groups in total. The number of hydrogen-bond acceptors (Lipinski definition) is 3. The van der Waals surface area contributed by atoms with E-state index in [1.807, 2.05) is 0 Å². The van der Waals surface area contributed by atoms with Crippen LogP contribution in [0.4, 0.5) is 22.0 Å². The van der Waals surface area contributed by atoms with Crippen molar-refractivity contribution in [2.24, 2.45) is 5.92 Å². The molecule has 1 aromatic heterocycles. The topological polar surface area (TPSA) is 51.2 Å². The van der Waals surface area contributed by atoms with Crippen LogP contribution in [-0.2, 0) is 16.8 Å². The predicted molar refractivity (Wildman–Crippen MR) is 119 cm³/mol. The number of nitrogens with zero attached hydrogens (tertiary/aromatic N) is 1. The van der Waals surface area contributed by atoms with E-state index in [0.717, 1.165) is 12.1 Å². The molecule has 0 radical (unpaired) electrons. The fourth-order valence-corrected chi connectivity index (χ4v) is 3.89. The number of ether oxygens (including phenoxy) is 1. The van der Waals surface area contributed by atoms with E-state index in [-0.39, 0.29) is 29.5 Å². The van der Waals surface area contributed by atoms with Crippen LogP contribution in [0.2, 0.25) is 5.02 Å². The first kappa shape index (κ1) is 24.9. The second kappa shape index (κ2) is 9.81. The van der Waals surface area contributed by atoms with E-state index in [0.29, 0.717) is 29.5 Å². The highest BCUT2D eigenvalue weighted by Gasteiger charge is 2.45. The van der Waals surface area contributed by atoms with Gasteiger partial charge in [-0.15, -0.1) is 0 Å². The molecule has 0 aliphatic heterocycles. The largest absolute Gasteiger partial charge is 0.461 e. The van der Waals surface area contributed by atoms with Gasteiger partial charge in [0, 0.05) is 24.6 Å². The van der Waals surface area contributed by atoms with E-state index in [9.17, 15) is 26.7 Å². The number of halogens is 6. The van der Waals surface area contributed by atoms with Crippen LogP contribution >= 0.6 is 11.6 Å². The number of hydrogen-bond donors (Lipinski definition) is 1. The third-order valence-electron chi connectivity index (χ3n) is 5.63. The molecule has 1 fully saturated rings. The standard InChI is InChI=1S/C25H20ClF5N2O2/c26-18-8-9-21(32-14-18)24(33-22(34)16-6-7-16,13-15-4-2-1-3-5-15)17-10-19(27)12-20(11-17)35-25(30,31)23(28)29/h1-5,8-12,14,16,23H,6-7,13H2,(H,33,34)/t24-/m1/s1. The van der Waals surface area contributed by atoms with Crippen molar-refractivity contribution in [3.8, 4) is 5.75 Å². The van der Waals surface area contributed by atoms with E-state index in [2.05, 4.69) is 15.0 Å². The zero-order valence-corrected chi connectivity index (χ0v) is 18.9. The van der Waals surface area contributed by atoms with Gasteiger partial charge in [-0.3, -0.25) is 9.78 Å². The number of carbonyl (C=O) groups excluding carboxylic acids is 1. The Morgan fingerprint density at radius 3 is 2.43 bits per heavy atom. The van der Waals surface area contributed by atoms with Crippen LogP contribution in [0.1, 0.15) is 29.7 Å². The number of pyridine rings is 1. The van der Waals surface area contributed by atoms with Gasteiger partial charge in [0.25, 0.3) is 0 Å². The minimum Gasteiger partial charge on any atom is -0.428 e. The van der Waals surface area contributed by atoms with Crippen molar-refractivity contribution in [2.45, 2.75) is 37.3 Å². The number of aromatic nitrogens is 1. The first-order valence-corrected chi connectivity index (χ1v) is 11.1. The van der Waals surface area contributed by atoms with Crippen LogP contribution < -0.4 is 10.1 Å². The lowest BCUT2D eigenvalue weighted by Crippen LogP contribution is -2.49.